The molecule has 0 aromatic heterocycles. The second kappa shape index (κ2) is 10.2. The van der Waals surface area contributed by atoms with Gasteiger partial charge < -0.3 is 15.8 Å². The summed E-state index contributed by atoms with van der Waals surface area (Å²) in [7, 11) is 0. The normalized spacial score (nSPS) is 12.0. The van der Waals surface area contributed by atoms with Gasteiger partial charge in [0.05, 0.1) is 5.57 Å². The van der Waals surface area contributed by atoms with Gasteiger partial charge in [-0.1, -0.05) is 61.0 Å². The maximum atomic E-state index is 12.4. The molecule has 0 bridgehead atoms. The van der Waals surface area contributed by atoms with Crippen molar-refractivity contribution in [1.29, 1.82) is 0 Å². The van der Waals surface area contributed by atoms with E-state index in [1.54, 1.807) is 13.0 Å². The summed E-state index contributed by atoms with van der Waals surface area (Å²) in [6.07, 6.45) is 4.54. The van der Waals surface area contributed by atoms with Gasteiger partial charge in [0.1, 0.15) is 12.4 Å². The smallest absolute Gasteiger partial charge is 0.253 e. The zero-order chi connectivity index (χ0) is 19.6. The Bertz CT molecular complexity index is 834. The van der Waals surface area contributed by atoms with Gasteiger partial charge in [0, 0.05) is 12.2 Å². The van der Waals surface area contributed by atoms with Crippen molar-refractivity contribution in [1.82, 2.24) is 5.32 Å². The van der Waals surface area contributed by atoms with Crippen LogP contribution in [0.1, 0.15) is 37.0 Å². The molecule has 4 nitrogen and oxygen atoms in total. The fourth-order valence-corrected chi connectivity index (χ4v) is 2.61. The van der Waals surface area contributed by atoms with Gasteiger partial charge in [-0.15, -0.1) is 0 Å². The average Bonchev–Trinajstić information content (AvgIpc) is 2.65. The van der Waals surface area contributed by atoms with E-state index in [0.717, 1.165) is 23.3 Å². The Morgan fingerprint density at radius 2 is 1.89 bits per heavy atom. The van der Waals surface area contributed by atoms with Crippen molar-refractivity contribution in [3.8, 4) is 5.75 Å². The average molecular weight is 364 g/mol. The van der Waals surface area contributed by atoms with Crippen LogP contribution in [0.3, 0.4) is 0 Å². The molecule has 0 aliphatic carbocycles. The lowest BCUT2D eigenvalue weighted by Crippen LogP contribution is -2.25. The molecule has 0 unspecified atom stereocenters. The zero-order valence-electron chi connectivity index (χ0n) is 16.3. The third-order valence-corrected chi connectivity index (χ3v) is 4.03. The number of benzene rings is 2. The summed E-state index contributed by atoms with van der Waals surface area (Å²) in [6, 6.07) is 16.0. The second-order valence-electron chi connectivity index (χ2n) is 6.52. The van der Waals surface area contributed by atoms with E-state index < -0.39 is 0 Å². The topological polar surface area (TPSA) is 64.3 Å². The van der Waals surface area contributed by atoms with Crippen molar-refractivity contribution in [2.45, 2.75) is 40.3 Å². The summed E-state index contributed by atoms with van der Waals surface area (Å²) >= 11 is 0. The predicted molar refractivity (Wildman–Crippen MR) is 110 cm³/mol. The molecule has 0 atom stereocenters. The lowest BCUT2D eigenvalue weighted by molar-refractivity contribution is -0.117. The summed E-state index contributed by atoms with van der Waals surface area (Å²) in [6.45, 7) is 6.73. The minimum Gasteiger partial charge on any atom is -0.489 e. The number of hydrogen-bond acceptors (Lipinski definition) is 3. The SMILES string of the molecule is CC/C=C\C(C(=O)NCc1cccc(OCc2cccc(C)c2)c1)=C(/C)N. The lowest BCUT2D eigenvalue weighted by Gasteiger charge is -2.10. The van der Waals surface area contributed by atoms with Crippen LogP contribution in [0, 0.1) is 6.92 Å². The zero-order valence-corrected chi connectivity index (χ0v) is 16.3. The van der Waals surface area contributed by atoms with Crippen LogP contribution in [-0.4, -0.2) is 5.91 Å². The fourth-order valence-electron chi connectivity index (χ4n) is 2.61. The minimum atomic E-state index is -0.175. The molecule has 1 amide bonds. The standard InChI is InChI=1S/C23H28N2O2/c1-4-5-12-22(18(3)24)23(26)25-15-19-9-7-11-21(14-19)27-16-20-10-6-8-17(2)13-20/h5-14H,4,15-16,24H2,1-3H3,(H,25,26)/b12-5-,22-18-. The highest BCUT2D eigenvalue weighted by molar-refractivity contribution is 5.96. The summed E-state index contributed by atoms with van der Waals surface area (Å²) in [5.74, 6) is 0.602. The van der Waals surface area contributed by atoms with Gasteiger partial charge in [-0.2, -0.15) is 0 Å². The van der Waals surface area contributed by atoms with E-state index in [9.17, 15) is 4.79 Å². The number of aryl methyl sites for hydroxylation is 1. The first-order valence-electron chi connectivity index (χ1n) is 9.18. The van der Waals surface area contributed by atoms with Gasteiger partial charge in [0.25, 0.3) is 5.91 Å². The number of amides is 1. The van der Waals surface area contributed by atoms with E-state index in [0.29, 0.717) is 24.4 Å². The fraction of sp³-hybridized carbons (Fsp3) is 0.261. The molecule has 4 heteroatoms. The minimum absolute atomic E-state index is 0.175. The molecule has 0 heterocycles. The Morgan fingerprint density at radius 1 is 1.15 bits per heavy atom. The lowest BCUT2D eigenvalue weighted by atomic mass is 10.1. The molecule has 27 heavy (non-hydrogen) atoms. The summed E-state index contributed by atoms with van der Waals surface area (Å²) in [4.78, 5) is 12.4. The van der Waals surface area contributed by atoms with Gasteiger partial charge in [-0.05, 0) is 43.5 Å². The molecule has 2 aromatic carbocycles. The maximum absolute atomic E-state index is 12.4. The molecule has 142 valence electrons. The van der Waals surface area contributed by atoms with Crippen LogP contribution in [0.25, 0.3) is 0 Å². The highest BCUT2D eigenvalue weighted by atomic mass is 16.5. The molecule has 2 aromatic rings. The molecule has 0 saturated heterocycles. The number of rotatable bonds is 8. The summed E-state index contributed by atoms with van der Waals surface area (Å²) in [5.41, 5.74) is 10.1. The maximum Gasteiger partial charge on any atom is 0.253 e. The highest BCUT2D eigenvalue weighted by Crippen LogP contribution is 2.16. The summed E-state index contributed by atoms with van der Waals surface area (Å²) in [5, 5.41) is 2.91. The van der Waals surface area contributed by atoms with E-state index in [1.165, 1.54) is 5.56 Å². The molecule has 2 rings (SSSR count). The number of nitrogens with one attached hydrogen (secondary N) is 1. The Morgan fingerprint density at radius 3 is 2.59 bits per heavy atom. The second-order valence-corrected chi connectivity index (χ2v) is 6.52. The van der Waals surface area contributed by atoms with Crippen LogP contribution in [0.5, 0.6) is 5.75 Å². The number of carbonyl (C=O) groups excluding carboxylic acids is 1. The van der Waals surface area contributed by atoms with Crippen LogP contribution in [0.4, 0.5) is 0 Å². The van der Waals surface area contributed by atoms with E-state index in [1.807, 2.05) is 49.4 Å². The van der Waals surface area contributed by atoms with E-state index in [-0.39, 0.29) is 5.91 Å². The monoisotopic (exact) mass is 364 g/mol. The van der Waals surface area contributed by atoms with E-state index >= 15 is 0 Å². The number of hydrogen-bond donors (Lipinski definition) is 2. The van der Waals surface area contributed by atoms with E-state index in [4.69, 9.17) is 10.5 Å². The van der Waals surface area contributed by atoms with Crippen LogP contribution in [0.15, 0.2) is 72.0 Å². The van der Waals surface area contributed by atoms with Crippen LogP contribution < -0.4 is 15.8 Å². The third-order valence-electron chi connectivity index (χ3n) is 4.03. The van der Waals surface area contributed by atoms with Crippen LogP contribution in [-0.2, 0) is 17.9 Å². The van der Waals surface area contributed by atoms with Crippen molar-refractivity contribution >= 4 is 5.91 Å². The first-order valence-corrected chi connectivity index (χ1v) is 9.18. The number of allylic oxidation sites excluding steroid dienone is 2. The Kier molecular flexibility index (Phi) is 7.68. The first kappa shape index (κ1) is 20.3. The largest absolute Gasteiger partial charge is 0.489 e. The molecule has 0 saturated carbocycles. The molecule has 0 radical (unpaired) electrons. The van der Waals surface area contributed by atoms with Gasteiger partial charge in [-0.3, -0.25) is 4.79 Å². The Labute approximate surface area is 161 Å². The van der Waals surface area contributed by atoms with Gasteiger partial charge in [0.2, 0.25) is 0 Å². The summed E-state index contributed by atoms with van der Waals surface area (Å²) < 4.78 is 5.88. The molecule has 0 aliphatic heterocycles. The van der Waals surface area contributed by atoms with Crippen molar-refractivity contribution in [2.75, 3.05) is 0 Å². The van der Waals surface area contributed by atoms with E-state index in [2.05, 4.69) is 24.4 Å². The van der Waals surface area contributed by atoms with Gasteiger partial charge >= 0.3 is 0 Å². The Hall–Kier alpha value is -3.01. The van der Waals surface area contributed by atoms with Crippen LogP contribution in [0.2, 0.25) is 0 Å². The van der Waals surface area contributed by atoms with Crippen molar-refractivity contribution in [3.05, 3.63) is 88.6 Å². The Balaban J connectivity index is 1.96. The van der Waals surface area contributed by atoms with Crippen molar-refractivity contribution < 1.29 is 9.53 Å². The molecule has 3 N–H and O–H groups in total. The molecule has 0 fully saturated rings. The molecular formula is C23H28N2O2. The first-order chi connectivity index (χ1) is 13.0. The van der Waals surface area contributed by atoms with Crippen molar-refractivity contribution in [3.63, 3.8) is 0 Å². The molecular weight excluding hydrogens is 336 g/mol. The third kappa shape index (κ3) is 6.66. The number of carbonyl (C=O) groups is 1. The van der Waals surface area contributed by atoms with Gasteiger partial charge in [-0.25, -0.2) is 0 Å². The number of ether oxygens (including phenoxy) is 1. The predicted octanol–water partition coefficient (Wildman–Crippen LogP) is 4.39. The quantitative estimate of drug-likeness (QED) is 0.539. The highest BCUT2D eigenvalue weighted by Gasteiger charge is 2.08. The van der Waals surface area contributed by atoms with Gasteiger partial charge in [0.15, 0.2) is 0 Å². The van der Waals surface area contributed by atoms with Crippen LogP contribution >= 0.6 is 0 Å². The molecule has 0 aliphatic rings. The van der Waals surface area contributed by atoms with Crippen molar-refractivity contribution in [2.24, 2.45) is 5.73 Å². The molecule has 0 spiro atoms. The number of nitrogens with two attached hydrogens (primary N) is 1.